The maximum Gasteiger partial charge on any atom is 0.200 e. The lowest BCUT2D eigenvalue weighted by Gasteiger charge is -2.36. The van der Waals surface area contributed by atoms with Crippen LogP contribution in [0.4, 0.5) is 5.69 Å². The van der Waals surface area contributed by atoms with Gasteiger partial charge in [-0.3, -0.25) is 9.69 Å². The zero-order valence-electron chi connectivity index (χ0n) is 21.2. The normalized spacial score (nSPS) is 14.1. The molecule has 0 saturated carbocycles. The Balaban J connectivity index is 1.45. The number of methoxy groups -OCH3 is 3. The summed E-state index contributed by atoms with van der Waals surface area (Å²) < 4.78 is 22.3. The van der Waals surface area contributed by atoms with Gasteiger partial charge in [0.05, 0.1) is 32.3 Å². The summed E-state index contributed by atoms with van der Waals surface area (Å²) in [6, 6.07) is 16.3. The fraction of sp³-hybridized carbons (Fsp3) is 0.276. The summed E-state index contributed by atoms with van der Waals surface area (Å²) in [5, 5.41) is 10.2. The number of piperazine rings is 1. The molecule has 1 fully saturated rings. The molecule has 1 aliphatic heterocycles. The van der Waals surface area contributed by atoms with E-state index in [0.717, 1.165) is 37.5 Å². The summed E-state index contributed by atoms with van der Waals surface area (Å²) in [4.78, 5) is 18.2. The van der Waals surface area contributed by atoms with Crippen molar-refractivity contribution in [3.63, 3.8) is 0 Å². The van der Waals surface area contributed by atoms with Gasteiger partial charge in [0, 0.05) is 61.7 Å². The number of ether oxygens (including phenoxy) is 3. The van der Waals surface area contributed by atoms with Crippen LogP contribution in [0.3, 0.4) is 0 Å². The third-order valence-electron chi connectivity index (χ3n) is 6.88. The van der Waals surface area contributed by atoms with Crippen LogP contribution in [0.15, 0.2) is 70.1 Å². The maximum atomic E-state index is 13.5. The van der Waals surface area contributed by atoms with Gasteiger partial charge in [0.2, 0.25) is 5.43 Å². The van der Waals surface area contributed by atoms with Gasteiger partial charge in [-0.25, -0.2) is 0 Å². The molecule has 2 heterocycles. The topological polar surface area (TPSA) is 84.6 Å². The molecular weight excluding hydrogens is 472 g/mol. The monoisotopic (exact) mass is 502 g/mol. The highest BCUT2D eigenvalue weighted by molar-refractivity contribution is 5.84. The Bertz CT molecular complexity index is 1460. The van der Waals surface area contributed by atoms with Gasteiger partial charge in [-0.1, -0.05) is 0 Å². The number of hydrogen-bond acceptors (Lipinski definition) is 8. The van der Waals surface area contributed by atoms with E-state index in [1.165, 1.54) is 24.1 Å². The van der Waals surface area contributed by atoms with Gasteiger partial charge in [0.25, 0.3) is 0 Å². The first-order valence-electron chi connectivity index (χ1n) is 12.1. The molecule has 0 aliphatic carbocycles. The molecule has 0 amide bonds. The predicted octanol–water partition coefficient (Wildman–Crippen LogP) is 4.51. The molecular formula is C29H30N2O6. The minimum absolute atomic E-state index is 0.0425. The Kier molecular flexibility index (Phi) is 6.92. The average Bonchev–Trinajstić information content (AvgIpc) is 2.94. The highest BCUT2D eigenvalue weighted by atomic mass is 16.5. The van der Waals surface area contributed by atoms with E-state index in [1.54, 1.807) is 27.4 Å². The molecule has 1 aliphatic rings. The van der Waals surface area contributed by atoms with E-state index >= 15 is 0 Å². The summed E-state index contributed by atoms with van der Waals surface area (Å²) in [6.07, 6.45) is 1.45. The molecule has 5 rings (SSSR count). The highest BCUT2D eigenvalue weighted by Gasteiger charge is 2.23. The number of phenols is 1. The van der Waals surface area contributed by atoms with E-state index in [4.69, 9.17) is 18.6 Å². The van der Waals surface area contributed by atoms with Crippen molar-refractivity contribution in [1.29, 1.82) is 0 Å². The molecule has 0 bridgehead atoms. The smallest absolute Gasteiger partial charge is 0.200 e. The number of benzene rings is 3. The molecule has 3 aromatic carbocycles. The standard InChI is InChI=1S/C29H30N2O6/c1-34-21-7-4-19(5-8-21)31-12-10-30(11-13-31)17-25-24(15-22(35-2)16-27(25)36-3)26-18-37-28-14-20(32)6-9-23(28)29(26)33/h4-9,14-16,18,32H,10-13,17H2,1-3H3. The van der Waals surface area contributed by atoms with Crippen molar-refractivity contribution >= 4 is 16.7 Å². The van der Waals surface area contributed by atoms with Crippen LogP contribution in [-0.2, 0) is 6.54 Å². The second-order valence-electron chi connectivity index (χ2n) is 8.98. The van der Waals surface area contributed by atoms with Gasteiger partial charge in [-0.05, 0) is 42.5 Å². The van der Waals surface area contributed by atoms with E-state index in [0.29, 0.717) is 40.1 Å². The van der Waals surface area contributed by atoms with E-state index < -0.39 is 0 Å². The Labute approximate surface area is 215 Å². The second kappa shape index (κ2) is 10.4. The summed E-state index contributed by atoms with van der Waals surface area (Å²) >= 11 is 0. The van der Waals surface area contributed by atoms with Crippen LogP contribution in [0, 0.1) is 0 Å². The largest absolute Gasteiger partial charge is 0.508 e. The summed E-state index contributed by atoms with van der Waals surface area (Å²) in [5.41, 5.74) is 3.34. The first-order valence-corrected chi connectivity index (χ1v) is 12.1. The van der Waals surface area contributed by atoms with Crippen LogP contribution in [0.1, 0.15) is 5.56 Å². The molecule has 37 heavy (non-hydrogen) atoms. The van der Waals surface area contributed by atoms with Crippen LogP contribution in [0.25, 0.3) is 22.1 Å². The minimum atomic E-state index is -0.179. The number of fused-ring (bicyclic) bond motifs is 1. The van der Waals surface area contributed by atoms with Gasteiger partial charge in [0.1, 0.15) is 34.8 Å². The number of aromatic hydroxyl groups is 1. The summed E-state index contributed by atoms with van der Waals surface area (Å²) in [6.45, 7) is 4.06. The third-order valence-corrected chi connectivity index (χ3v) is 6.88. The Morgan fingerprint density at radius 3 is 2.24 bits per heavy atom. The fourth-order valence-corrected chi connectivity index (χ4v) is 4.81. The van der Waals surface area contributed by atoms with Crippen molar-refractivity contribution in [2.45, 2.75) is 6.54 Å². The number of rotatable bonds is 7. The first-order chi connectivity index (χ1) is 18.0. The molecule has 0 atom stereocenters. The fourth-order valence-electron chi connectivity index (χ4n) is 4.81. The van der Waals surface area contributed by atoms with Crippen LogP contribution in [0.2, 0.25) is 0 Å². The van der Waals surface area contributed by atoms with Crippen molar-refractivity contribution in [3.05, 3.63) is 76.6 Å². The zero-order valence-corrected chi connectivity index (χ0v) is 21.2. The number of hydrogen-bond donors (Lipinski definition) is 1. The maximum absolute atomic E-state index is 13.5. The molecule has 0 radical (unpaired) electrons. The second-order valence-corrected chi connectivity index (χ2v) is 8.98. The summed E-state index contributed by atoms with van der Waals surface area (Å²) in [7, 11) is 4.87. The van der Waals surface area contributed by atoms with Crippen molar-refractivity contribution in [2.75, 3.05) is 52.4 Å². The molecule has 8 heteroatoms. The molecule has 1 saturated heterocycles. The third kappa shape index (κ3) is 4.93. The van der Waals surface area contributed by atoms with E-state index in [2.05, 4.69) is 21.9 Å². The predicted molar refractivity (Wildman–Crippen MR) is 143 cm³/mol. The van der Waals surface area contributed by atoms with Gasteiger partial charge in [-0.15, -0.1) is 0 Å². The van der Waals surface area contributed by atoms with Gasteiger partial charge in [-0.2, -0.15) is 0 Å². The Hall–Kier alpha value is -4.17. The van der Waals surface area contributed by atoms with Crippen molar-refractivity contribution in [2.24, 2.45) is 0 Å². The molecule has 4 aromatic rings. The molecule has 1 aromatic heterocycles. The summed E-state index contributed by atoms with van der Waals surface area (Å²) in [5.74, 6) is 2.12. The number of anilines is 1. The van der Waals surface area contributed by atoms with Gasteiger partial charge >= 0.3 is 0 Å². The first kappa shape index (κ1) is 24.5. The van der Waals surface area contributed by atoms with E-state index in [-0.39, 0.29) is 11.2 Å². The highest BCUT2D eigenvalue weighted by Crippen LogP contribution is 2.36. The average molecular weight is 503 g/mol. The lowest BCUT2D eigenvalue weighted by Crippen LogP contribution is -2.46. The van der Waals surface area contributed by atoms with Gasteiger partial charge in [0.15, 0.2) is 0 Å². The lowest BCUT2D eigenvalue weighted by atomic mass is 9.97. The SMILES string of the molecule is COc1ccc(N2CCN(Cc3c(OC)cc(OC)cc3-c3coc4cc(O)ccc4c3=O)CC2)cc1. The Morgan fingerprint density at radius 1 is 0.838 bits per heavy atom. The van der Waals surface area contributed by atoms with Crippen molar-refractivity contribution in [3.8, 4) is 34.1 Å². The molecule has 192 valence electrons. The lowest BCUT2D eigenvalue weighted by molar-refractivity contribution is 0.246. The molecule has 0 unspecified atom stereocenters. The van der Waals surface area contributed by atoms with E-state index in [9.17, 15) is 9.90 Å². The van der Waals surface area contributed by atoms with Crippen LogP contribution >= 0.6 is 0 Å². The minimum Gasteiger partial charge on any atom is -0.508 e. The molecule has 8 nitrogen and oxygen atoms in total. The number of nitrogens with zero attached hydrogens (tertiary/aromatic N) is 2. The van der Waals surface area contributed by atoms with Crippen LogP contribution in [-0.4, -0.2) is 57.5 Å². The molecule has 1 N–H and O–H groups in total. The quantitative estimate of drug-likeness (QED) is 0.395. The van der Waals surface area contributed by atoms with Crippen LogP contribution in [0.5, 0.6) is 23.0 Å². The van der Waals surface area contributed by atoms with Crippen LogP contribution < -0.4 is 24.5 Å². The van der Waals surface area contributed by atoms with Crippen molar-refractivity contribution in [1.82, 2.24) is 4.90 Å². The van der Waals surface area contributed by atoms with E-state index in [1.807, 2.05) is 24.3 Å². The molecule has 0 spiro atoms. The zero-order chi connectivity index (χ0) is 25.9. The number of phenolic OH excluding ortho intramolecular Hbond substituents is 1. The van der Waals surface area contributed by atoms with Gasteiger partial charge < -0.3 is 28.6 Å². The van der Waals surface area contributed by atoms with Crippen molar-refractivity contribution < 1.29 is 23.7 Å². The Morgan fingerprint density at radius 2 is 1.57 bits per heavy atom.